The van der Waals surface area contributed by atoms with E-state index in [9.17, 15) is 9.59 Å². The standard InChI is InChI=1S/C21H22N4O4/c1-14-17(21(27)25-23-14)11-20(26)24-22-12-16-8-9-18(28-2)19(10-16)29-13-15-6-4-3-5-7-15/h3-10,12,17H,11,13H2,1-2H3,(H,24,26)(H,25,27). The molecule has 0 aliphatic carbocycles. The second-order valence-electron chi connectivity index (χ2n) is 6.46. The second kappa shape index (κ2) is 9.50. The number of hydrogen-bond acceptors (Lipinski definition) is 6. The molecule has 0 saturated carbocycles. The molecular formula is C21H22N4O4. The van der Waals surface area contributed by atoms with Gasteiger partial charge < -0.3 is 9.47 Å². The molecular weight excluding hydrogens is 372 g/mol. The van der Waals surface area contributed by atoms with Gasteiger partial charge in [0.25, 0.3) is 0 Å². The van der Waals surface area contributed by atoms with Crippen LogP contribution in [0, 0.1) is 5.92 Å². The number of methoxy groups -OCH3 is 1. The summed E-state index contributed by atoms with van der Waals surface area (Å²) in [6, 6.07) is 15.1. The first-order chi connectivity index (χ1) is 14.1. The Morgan fingerprint density at radius 3 is 2.72 bits per heavy atom. The zero-order valence-electron chi connectivity index (χ0n) is 16.2. The fraction of sp³-hybridized carbons (Fsp3) is 0.238. The Morgan fingerprint density at radius 1 is 1.24 bits per heavy atom. The Kier molecular flexibility index (Phi) is 6.57. The smallest absolute Gasteiger partial charge is 0.249 e. The molecule has 2 amide bonds. The highest BCUT2D eigenvalue weighted by molar-refractivity contribution is 6.09. The number of carbonyl (C=O) groups is 2. The number of carbonyl (C=O) groups excluding carboxylic acids is 2. The Labute approximate surface area is 168 Å². The third-order valence-corrected chi connectivity index (χ3v) is 4.38. The van der Waals surface area contributed by atoms with Gasteiger partial charge in [0.15, 0.2) is 11.5 Å². The van der Waals surface area contributed by atoms with E-state index in [1.807, 2.05) is 30.3 Å². The SMILES string of the molecule is COc1ccc(C=NNC(=O)CC2C(=O)NN=C2C)cc1OCc1ccccc1. The number of hydrazone groups is 2. The average molecular weight is 394 g/mol. The normalized spacial score (nSPS) is 15.7. The van der Waals surface area contributed by atoms with Crippen molar-refractivity contribution in [2.24, 2.45) is 16.1 Å². The molecule has 3 rings (SSSR count). The lowest BCUT2D eigenvalue weighted by Gasteiger charge is -2.11. The zero-order valence-corrected chi connectivity index (χ0v) is 16.2. The second-order valence-corrected chi connectivity index (χ2v) is 6.46. The van der Waals surface area contributed by atoms with E-state index in [-0.39, 0.29) is 18.2 Å². The van der Waals surface area contributed by atoms with E-state index >= 15 is 0 Å². The quantitative estimate of drug-likeness (QED) is 0.530. The van der Waals surface area contributed by atoms with E-state index in [0.29, 0.717) is 23.8 Å². The van der Waals surface area contributed by atoms with Crippen LogP contribution in [0.3, 0.4) is 0 Å². The van der Waals surface area contributed by atoms with E-state index in [0.717, 1.165) is 11.1 Å². The predicted molar refractivity (Wildman–Crippen MR) is 109 cm³/mol. The summed E-state index contributed by atoms with van der Waals surface area (Å²) in [5.74, 6) is -0.0294. The highest BCUT2D eigenvalue weighted by Gasteiger charge is 2.28. The molecule has 1 atom stereocenters. The van der Waals surface area contributed by atoms with E-state index in [4.69, 9.17) is 9.47 Å². The highest BCUT2D eigenvalue weighted by Crippen LogP contribution is 2.28. The minimum absolute atomic E-state index is 0.00738. The predicted octanol–water partition coefficient (Wildman–Crippen LogP) is 2.24. The summed E-state index contributed by atoms with van der Waals surface area (Å²) in [7, 11) is 1.57. The van der Waals surface area contributed by atoms with Gasteiger partial charge in [0, 0.05) is 12.1 Å². The summed E-state index contributed by atoms with van der Waals surface area (Å²) in [5, 5.41) is 7.77. The molecule has 0 aromatic heterocycles. The van der Waals surface area contributed by atoms with Gasteiger partial charge in [-0.2, -0.15) is 10.2 Å². The van der Waals surface area contributed by atoms with Gasteiger partial charge >= 0.3 is 0 Å². The Morgan fingerprint density at radius 2 is 2.03 bits per heavy atom. The van der Waals surface area contributed by atoms with Crippen molar-refractivity contribution in [1.29, 1.82) is 0 Å². The summed E-state index contributed by atoms with van der Waals surface area (Å²) in [6.45, 7) is 2.10. The molecule has 29 heavy (non-hydrogen) atoms. The van der Waals surface area contributed by atoms with Crippen LogP contribution in [-0.2, 0) is 16.2 Å². The molecule has 1 aliphatic rings. The van der Waals surface area contributed by atoms with Gasteiger partial charge in [0.05, 0.1) is 19.2 Å². The van der Waals surface area contributed by atoms with Crippen molar-refractivity contribution in [3.8, 4) is 11.5 Å². The maximum absolute atomic E-state index is 12.0. The molecule has 2 aromatic rings. The number of nitrogens with one attached hydrogen (secondary N) is 2. The summed E-state index contributed by atoms with van der Waals surface area (Å²) >= 11 is 0. The van der Waals surface area contributed by atoms with Crippen molar-refractivity contribution in [3.63, 3.8) is 0 Å². The first kappa shape index (κ1) is 20.1. The molecule has 8 heteroatoms. The lowest BCUT2D eigenvalue weighted by atomic mass is 10.0. The van der Waals surface area contributed by atoms with Gasteiger partial charge in [-0.25, -0.2) is 10.9 Å². The molecule has 150 valence electrons. The van der Waals surface area contributed by atoms with Crippen molar-refractivity contribution < 1.29 is 19.1 Å². The Bertz CT molecular complexity index is 941. The molecule has 2 aromatic carbocycles. The summed E-state index contributed by atoms with van der Waals surface area (Å²) in [6.07, 6.45) is 1.49. The van der Waals surface area contributed by atoms with Crippen molar-refractivity contribution in [2.75, 3.05) is 7.11 Å². The van der Waals surface area contributed by atoms with Crippen LogP contribution < -0.4 is 20.3 Å². The van der Waals surface area contributed by atoms with Crippen LogP contribution in [0.25, 0.3) is 0 Å². The van der Waals surface area contributed by atoms with Crippen LogP contribution in [-0.4, -0.2) is 30.9 Å². The molecule has 1 heterocycles. The lowest BCUT2D eigenvalue weighted by molar-refractivity contribution is -0.127. The van der Waals surface area contributed by atoms with Gasteiger partial charge in [-0.1, -0.05) is 30.3 Å². The topological polar surface area (TPSA) is 101 Å². The van der Waals surface area contributed by atoms with E-state index < -0.39 is 5.92 Å². The van der Waals surface area contributed by atoms with Crippen molar-refractivity contribution >= 4 is 23.7 Å². The molecule has 0 spiro atoms. The fourth-order valence-electron chi connectivity index (χ4n) is 2.76. The van der Waals surface area contributed by atoms with E-state index in [2.05, 4.69) is 21.1 Å². The van der Waals surface area contributed by atoms with Crippen molar-refractivity contribution in [2.45, 2.75) is 20.0 Å². The monoisotopic (exact) mass is 394 g/mol. The first-order valence-corrected chi connectivity index (χ1v) is 9.07. The third-order valence-electron chi connectivity index (χ3n) is 4.38. The molecule has 0 saturated heterocycles. The molecule has 8 nitrogen and oxygen atoms in total. The van der Waals surface area contributed by atoms with E-state index in [1.54, 1.807) is 32.2 Å². The number of rotatable bonds is 8. The number of benzene rings is 2. The van der Waals surface area contributed by atoms with Gasteiger partial charge in [0.2, 0.25) is 11.8 Å². The Balaban J connectivity index is 1.59. The van der Waals surface area contributed by atoms with Crippen LogP contribution in [0.5, 0.6) is 11.5 Å². The van der Waals surface area contributed by atoms with Crippen molar-refractivity contribution in [1.82, 2.24) is 10.9 Å². The van der Waals surface area contributed by atoms with Gasteiger partial charge in [-0.05, 0) is 36.2 Å². The lowest BCUT2D eigenvalue weighted by Crippen LogP contribution is -2.29. The summed E-state index contributed by atoms with van der Waals surface area (Å²) < 4.78 is 11.2. The van der Waals surface area contributed by atoms with Gasteiger partial charge in [-0.15, -0.1) is 0 Å². The molecule has 1 unspecified atom stereocenters. The number of nitrogens with zero attached hydrogens (tertiary/aromatic N) is 2. The first-order valence-electron chi connectivity index (χ1n) is 9.07. The third kappa shape index (κ3) is 5.41. The average Bonchev–Trinajstić information content (AvgIpc) is 3.05. The number of hydrogen-bond donors (Lipinski definition) is 2. The highest BCUT2D eigenvalue weighted by atomic mass is 16.5. The Hall–Kier alpha value is -3.68. The maximum Gasteiger partial charge on any atom is 0.249 e. The van der Waals surface area contributed by atoms with Crippen LogP contribution in [0.2, 0.25) is 0 Å². The van der Waals surface area contributed by atoms with Crippen LogP contribution >= 0.6 is 0 Å². The molecule has 2 N–H and O–H groups in total. The largest absolute Gasteiger partial charge is 0.493 e. The van der Waals surface area contributed by atoms with Crippen LogP contribution in [0.4, 0.5) is 0 Å². The minimum atomic E-state index is -0.552. The maximum atomic E-state index is 12.0. The van der Waals surface area contributed by atoms with Gasteiger partial charge in [-0.3, -0.25) is 9.59 Å². The summed E-state index contributed by atoms with van der Waals surface area (Å²) in [4.78, 5) is 23.6. The number of ether oxygens (including phenoxy) is 2. The molecule has 1 aliphatic heterocycles. The van der Waals surface area contributed by atoms with Crippen molar-refractivity contribution in [3.05, 3.63) is 59.7 Å². The number of amides is 2. The van der Waals surface area contributed by atoms with E-state index in [1.165, 1.54) is 6.21 Å². The molecule has 0 radical (unpaired) electrons. The van der Waals surface area contributed by atoms with Gasteiger partial charge in [0.1, 0.15) is 6.61 Å². The van der Waals surface area contributed by atoms with Crippen LogP contribution in [0.15, 0.2) is 58.7 Å². The fourth-order valence-corrected chi connectivity index (χ4v) is 2.76. The zero-order chi connectivity index (χ0) is 20.6. The summed E-state index contributed by atoms with van der Waals surface area (Å²) in [5.41, 5.74) is 7.13. The molecule has 0 bridgehead atoms. The van der Waals surface area contributed by atoms with Crippen LogP contribution in [0.1, 0.15) is 24.5 Å². The molecule has 0 fully saturated rings. The minimum Gasteiger partial charge on any atom is -0.493 e.